The van der Waals surface area contributed by atoms with Gasteiger partial charge in [0.1, 0.15) is 5.75 Å². The van der Waals surface area contributed by atoms with Gasteiger partial charge in [-0.15, -0.1) is 0 Å². The predicted octanol–water partition coefficient (Wildman–Crippen LogP) is 8.76. The Labute approximate surface area is 197 Å². The fraction of sp³-hybridized carbons (Fsp3) is 0.533. The lowest BCUT2D eigenvalue weighted by Crippen LogP contribution is -2.26. The zero-order valence-electron chi connectivity index (χ0n) is 21.6. The second-order valence-electron chi connectivity index (χ2n) is 10.6. The van der Waals surface area contributed by atoms with Crippen LogP contribution in [0.4, 0.5) is 5.69 Å². The van der Waals surface area contributed by atoms with Gasteiger partial charge >= 0.3 is 0 Å². The number of hydrogen-bond donors (Lipinski definition) is 2. The highest BCUT2D eigenvalue weighted by molar-refractivity contribution is 5.83. The molecule has 1 aromatic rings. The van der Waals surface area contributed by atoms with Gasteiger partial charge in [0.25, 0.3) is 0 Å². The molecule has 1 aliphatic carbocycles. The van der Waals surface area contributed by atoms with Gasteiger partial charge in [-0.05, 0) is 121 Å². The highest BCUT2D eigenvalue weighted by Gasteiger charge is 2.34. The summed E-state index contributed by atoms with van der Waals surface area (Å²) < 4.78 is 0. The first kappa shape index (κ1) is 26.0. The Bertz CT molecular complexity index is 940. The number of fused-ring (bicyclic) bond motifs is 1. The lowest BCUT2D eigenvalue weighted by molar-refractivity contribution is 0.297. The maximum absolute atomic E-state index is 10.4. The van der Waals surface area contributed by atoms with Crippen LogP contribution in [0.1, 0.15) is 102 Å². The zero-order chi connectivity index (χ0) is 24.1. The molecule has 0 heterocycles. The van der Waals surface area contributed by atoms with Crippen LogP contribution in [-0.4, -0.2) is 5.11 Å². The number of nitrogen functional groups attached to an aromatic ring is 1. The summed E-state index contributed by atoms with van der Waals surface area (Å²) in [4.78, 5) is 0. The molecule has 0 amide bonds. The van der Waals surface area contributed by atoms with Crippen LogP contribution < -0.4 is 5.73 Å². The molecule has 0 spiro atoms. The van der Waals surface area contributed by atoms with Crippen LogP contribution in [-0.2, 0) is 6.42 Å². The van der Waals surface area contributed by atoms with Crippen LogP contribution in [0, 0.1) is 19.3 Å². The number of anilines is 1. The third-order valence-electron chi connectivity index (χ3n) is 7.16. The molecule has 0 bridgehead atoms. The zero-order valence-corrected chi connectivity index (χ0v) is 21.6. The number of benzene rings is 1. The summed E-state index contributed by atoms with van der Waals surface area (Å²) in [5, 5.41) is 10.4. The third kappa shape index (κ3) is 6.64. The van der Waals surface area contributed by atoms with Gasteiger partial charge in [0.15, 0.2) is 0 Å². The first-order valence-electron chi connectivity index (χ1n) is 12.2. The van der Waals surface area contributed by atoms with Gasteiger partial charge < -0.3 is 10.8 Å². The Hall–Kier alpha value is -2.22. The predicted molar refractivity (Wildman–Crippen MR) is 142 cm³/mol. The molecule has 0 saturated carbocycles. The van der Waals surface area contributed by atoms with Crippen molar-refractivity contribution >= 4 is 11.3 Å². The van der Waals surface area contributed by atoms with Crippen LogP contribution in [0.25, 0.3) is 5.57 Å². The third-order valence-corrected chi connectivity index (χ3v) is 7.16. The summed E-state index contributed by atoms with van der Waals surface area (Å²) in [6.07, 6.45) is 15.9. The van der Waals surface area contributed by atoms with E-state index in [1.807, 2.05) is 6.92 Å². The van der Waals surface area contributed by atoms with Crippen LogP contribution in [0.3, 0.4) is 0 Å². The Morgan fingerprint density at radius 1 is 0.938 bits per heavy atom. The monoisotopic (exact) mass is 435 g/mol. The van der Waals surface area contributed by atoms with Crippen molar-refractivity contribution < 1.29 is 5.11 Å². The summed E-state index contributed by atoms with van der Waals surface area (Å²) in [5.41, 5.74) is 16.8. The quantitative estimate of drug-likeness (QED) is 0.231. The fourth-order valence-electron chi connectivity index (χ4n) is 4.97. The van der Waals surface area contributed by atoms with Crippen molar-refractivity contribution in [2.45, 2.75) is 99.8 Å². The smallest absolute Gasteiger partial charge is 0.142 e. The summed E-state index contributed by atoms with van der Waals surface area (Å²) in [6, 6.07) is 0. The minimum absolute atomic E-state index is 0.183. The van der Waals surface area contributed by atoms with E-state index in [9.17, 15) is 5.11 Å². The average molecular weight is 436 g/mol. The minimum atomic E-state index is 0.183. The van der Waals surface area contributed by atoms with E-state index in [1.54, 1.807) is 0 Å². The van der Waals surface area contributed by atoms with Gasteiger partial charge in [0.2, 0.25) is 0 Å². The standard InChI is InChI=1S/C30H45NO/c1-20(2)12-9-13-21(3)14-10-15-22(4)16-11-17-30(8)18-23(5)27-26(19-30)24(6)25(7)29(32)28(27)31/h12,14,16,32H,5,9-11,13,15,17-19,31H2,1-4,6-8H3/b21-14+,22-16+. The number of phenols is 1. The van der Waals surface area contributed by atoms with Crippen molar-refractivity contribution in [1.82, 2.24) is 0 Å². The highest BCUT2D eigenvalue weighted by atomic mass is 16.3. The van der Waals surface area contributed by atoms with E-state index < -0.39 is 0 Å². The molecule has 0 aromatic heterocycles. The van der Waals surface area contributed by atoms with Gasteiger partial charge in [-0.3, -0.25) is 0 Å². The molecule has 32 heavy (non-hydrogen) atoms. The number of aromatic hydroxyl groups is 1. The summed E-state index contributed by atoms with van der Waals surface area (Å²) in [5.74, 6) is 0.228. The molecule has 2 rings (SSSR count). The lowest BCUT2D eigenvalue weighted by Gasteiger charge is -2.38. The van der Waals surface area contributed by atoms with Crippen molar-refractivity contribution in [3.63, 3.8) is 0 Å². The van der Waals surface area contributed by atoms with E-state index in [2.05, 4.69) is 66.3 Å². The van der Waals surface area contributed by atoms with Crippen molar-refractivity contribution in [3.8, 4) is 5.75 Å². The number of rotatable bonds is 9. The number of phenolic OH excluding ortho intramolecular Hbond substituents is 1. The maximum Gasteiger partial charge on any atom is 0.142 e. The summed E-state index contributed by atoms with van der Waals surface area (Å²) >= 11 is 0. The number of nitrogens with two attached hydrogens (primary N) is 1. The van der Waals surface area contributed by atoms with Crippen LogP contribution in [0.15, 0.2) is 41.5 Å². The summed E-state index contributed by atoms with van der Waals surface area (Å²) in [7, 11) is 0. The highest BCUT2D eigenvalue weighted by Crippen LogP contribution is 2.49. The van der Waals surface area contributed by atoms with Crippen molar-refractivity contribution in [2.24, 2.45) is 5.41 Å². The Kier molecular flexibility index (Phi) is 9.01. The lowest BCUT2D eigenvalue weighted by atomic mass is 9.67. The second kappa shape index (κ2) is 11.1. The van der Waals surface area contributed by atoms with E-state index in [1.165, 1.54) is 28.7 Å². The van der Waals surface area contributed by atoms with E-state index in [4.69, 9.17) is 5.73 Å². The van der Waals surface area contributed by atoms with Crippen LogP contribution in [0.5, 0.6) is 5.75 Å². The second-order valence-corrected chi connectivity index (χ2v) is 10.6. The number of hydrogen-bond acceptors (Lipinski definition) is 2. The molecule has 0 aliphatic heterocycles. The first-order valence-corrected chi connectivity index (χ1v) is 12.2. The largest absolute Gasteiger partial charge is 0.505 e. The molecule has 1 unspecified atom stereocenters. The van der Waals surface area contributed by atoms with Crippen molar-refractivity contribution in [3.05, 3.63) is 63.8 Å². The number of allylic oxidation sites excluding steroid dienone is 7. The molecular weight excluding hydrogens is 390 g/mol. The fourth-order valence-corrected chi connectivity index (χ4v) is 4.97. The van der Waals surface area contributed by atoms with Crippen molar-refractivity contribution in [2.75, 3.05) is 5.73 Å². The molecule has 0 fully saturated rings. The molecule has 1 aliphatic rings. The first-order chi connectivity index (χ1) is 14.9. The van der Waals surface area contributed by atoms with Crippen molar-refractivity contribution in [1.29, 1.82) is 0 Å². The normalized spacial score (nSPS) is 19.2. The van der Waals surface area contributed by atoms with E-state index >= 15 is 0 Å². The van der Waals surface area contributed by atoms with Gasteiger partial charge in [-0.25, -0.2) is 0 Å². The maximum atomic E-state index is 10.4. The molecule has 1 atom stereocenters. The minimum Gasteiger partial charge on any atom is -0.505 e. The van der Waals surface area contributed by atoms with Gasteiger partial charge in [-0.1, -0.05) is 48.5 Å². The Balaban J connectivity index is 1.95. The molecule has 0 saturated heterocycles. The molecule has 2 heteroatoms. The SMILES string of the molecule is C=C1CC(C)(CC/C=C(\C)CC/C=C(\C)CCC=C(C)C)Cc2c(C)c(C)c(O)c(N)c21. The molecule has 1 aromatic carbocycles. The topological polar surface area (TPSA) is 46.2 Å². The molecular formula is C30H45NO. The average Bonchev–Trinajstić information content (AvgIpc) is 2.69. The van der Waals surface area contributed by atoms with E-state index in [0.29, 0.717) is 5.69 Å². The molecule has 2 nitrogen and oxygen atoms in total. The van der Waals surface area contributed by atoms with Crippen LogP contribution >= 0.6 is 0 Å². The van der Waals surface area contributed by atoms with E-state index in [0.717, 1.165) is 67.2 Å². The van der Waals surface area contributed by atoms with Gasteiger partial charge in [0, 0.05) is 5.56 Å². The molecule has 3 N–H and O–H groups in total. The Morgan fingerprint density at radius 2 is 1.50 bits per heavy atom. The van der Waals surface area contributed by atoms with Gasteiger partial charge in [0.05, 0.1) is 5.69 Å². The molecule has 0 radical (unpaired) electrons. The Morgan fingerprint density at radius 3 is 2.09 bits per heavy atom. The van der Waals surface area contributed by atoms with Crippen LogP contribution in [0.2, 0.25) is 0 Å². The molecule has 176 valence electrons. The van der Waals surface area contributed by atoms with Gasteiger partial charge in [-0.2, -0.15) is 0 Å². The van der Waals surface area contributed by atoms with E-state index in [-0.39, 0.29) is 11.2 Å². The summed E-state index contributed by atoms with van der Waals surface area (Å²) in [6.45, 7) is 19.6.